The van der Waals surface area contributed by atoms with Crippen molar-refractivity contribution in [3.8, 4) is 5.69 Å². The Bertz CT molecular complexity index is 1620. The second kappa shape index (κ2) is 11.1. The average molecular weight is 524 g/mol. The van der Waals surface area contributed by atoms with Crippen molar-refractivity contribution >= 4 is 34.1 Å². The smallest absolute Gasteiger partial charge is 0.266 e. The molecule has 4 aromatic rings. The molecule has 1 amide bonds. The fraction of sp³-hybridized carbons (Fsp3) is 0.300. The van der Waals surface area contributed by atoms with Crippen LogP contribution in [0.2, 0.25) is 0 Å². The van der Waals surface area contributed by atoms with Crippen LogP contribution in [-0.4, -0.2) is 38.0 Å². The number of rotatable bonds is 9. The molecule has 1 saturated carbocycles. The number of carbonyl (C=O) groups excluding carboxylic acids is 1. The number of benzene rings is 2. The van der Waals surface area contributed by atoms with E-state index in [1.54, 1.807) is 10.6 Å². The zero-order valence-corrected chi connectivity index (χ0v) is 22.5. The van der Waals surface area contributed by atoms with E-state index in [9.17, 15) is 9.59 Å². The third-order valence-electron chi connectivity index (χ3n) is 6.83. The highest BCUT2D eigenvalue weighted by Gasteiger charge is 2.23. The quantitative estimate of drug-likeness (QED) is 0.223. The Hall–Kier alpha value is -4.53. The zero-order valence-electron chi connectivity index (χ0n) is 22.5. The van der Waals surface area contributed by atoms with E-state index >= 15 is 0 Å². The molecule has 2 aromatic carbocycles. The van der Waals surface area contributed by atoms with Crippen LogP contribution in [0.4, 0.5) is 11.8 Å². The van der Waals surface area contributed by atoms with Crippen molar-refractivity contribution in [3.05, 3.63) is 87.6 Å². The van der Waals surface area contributed by atoms with Gasteiger partial charge in [0.25, 0.3) is 5.56 Å². The van der Waals surface area contributed by atoms with Gasteiger partial charge in [0.15, 0.2) is 0 Å². The van der Waals surface area contributed by atoms with Gasteiger partial charge in [0.1, 0.15) is 11.6 Å². The van der Waals surface area contributed by atoms with Crippen LogP contribution in [-0.2, 0) is 11.2 Å². The molecule has 0 radical (unpaired) electrons. The third-order valence-corrected chi connectivity index (χ3v) is 6.83. The summed E-state index contributed by atoms with van der Waals surface area (Å²) >= 11 is 0. The van der Waals surface area contributed by atoms with Crippen LogP contribution in [0.5, 0.6) is 0 Å². The average Bonchev–Trinajstić information content (AvgIpc) is 3.70. The van der Waals surface area contributed by atoms with E-state index in [0.29, 0.717) is 47.6 Å². The number of para-hydroxylation sites is 1. The largest absolute Gasteiger partial charge is 0.369 e. The molecule has 9 heteroatoms. The fourth-order valence-electron chi connectivity index (χ4n) is 4.84. The molecule has 0 atom stereocenters. The second-order valence-electron chi connectivity index (χ2n) is 10.0. The molecule has 9 nitrogen and oxygen atoms in total. The first-order valence-electron chi connectivity index (χ1n) is 13.3. The summed E-state index contributed by atoms with van der Waals surface area (Å²) in [5, 5.41) is 6.98. The van der Waals surface area contributed by atoms with Crippen LogP contribution in [0.1, 0.15) is 48.8 Å². The topological polar surface area (TPSA) is 128 Å². The Morgan fingerprint density at radius 1 is 1.08 bits per heavy atom. The number of hydrogen-bond donors (Lipinski definition) is 3. The third kappa shape index (κ3) is 5.82. The lowest BCUT2D eigenvalue weighted by Crippen LogP contribution is -2.25. The number of nitrogens with two attached hydrogens (primary N) is 1. The van der Waals surface area contributed by atoms with E-state index in [-0.39, 0.29) is 23.5 Å². The minimum absolute atomic E-state index is 0.0704. The summed E-state index contributed by atoms with van der Waals surface area (Å²) in [5.74, 6) is 1.32. The van der Waals surface area contributed by atoms with Gasteiger partial charge in [-0.15, -0.1) is 0 Å². The minimum Gasteiger partial charge on any atom is -0.369 e. The van der Waals surface area contributed by atoms with Gasteiger partial charge in [-0.1, -0.05) is 30.3 Å². The fourth-order valence-corrected chi connectivity index (χ4v) is 4.84. The molecular formula is C30H33N7O2. The maximum atomic E-state index is 13.6. The number of nitrogen functional groups attached to an aromatic ring is 1. The number of amides is 1. The maximum absolute atomic E-state index is 13.6. The highest BCUT2D eigenvalue weighted by atomic mass is 16.1. The van der Waals surface area contributed by atoms with Crippen molar-refractivity contribution in [2.24, 2.45) is 0 Å². The molecule has 4 N–H and O–H groups in total. The monoisotopic (exact) mass is 523 g/mol. The van der Waals surface area contributed by atoms with Crippen LogP contribution < -0.4 is 21.9 Å². The molecule has 1 fully saturated rings. The summed E-state index contributed by atoms with van der Waals surface area (Å²) in [6, 6.07) is 15.6. The summed E-state index contributed by atoms with van der Waals surface area (Å²) < 4.78 is 1.71. The van der Waals surface area contributed by atoms with Crippen LogP contribution in [0, 0.1) is 13.8 Å². The van der Waals surface area contributed by atoms with Crippen LogP contribution in [0.3, 0.4) is 0 Å². The molecule has 0 saturated heterocycles. The Kier molecular flexibility index (Phi) is 7.40. The SMILES string of the molecule is C/C(=C/C(=O)NC1CC1)c1c(C)nc(N)nc1NCCCc1nc2cccc(C)c2c(=O)n1-c1ccccc1. The van der Waals surface area contributed by atoms with Crippen molar-refractivity contribution in [2.45, 2.75) is 52.5 Å². The Balaban J connectivity index is 1.38. The number of hydrogen-bond acceptors (Lipinski definition) is 7. The summed E-state index contributed by atoms with van der Waals surface area (Å²) in [4.78, 5) is 39.6. The van der Waals surface area contributed by atoms with Gasteiger partial charge in [0.05, 0.1) is 22.3 Å². The summed E-state index contributed by atoms with van der Waals surface area (Å²) in [6.45, 7) is 6.22. The summed E-state index contributed by atoms with van der Waals surface area (Å²) in [7, 11) is 0. The van der Waals surface area contributed by atoms with E-state index in [1.807, 2.05) is 69.3 Å². The molecule has 1 aliphatic rings. The number of allylic oxidation sites excluding steroid dienone is 1. The lowest BCUT2D eigenvalue weighted by atomic mass is 10.1. The number of anilines is 2. The van der Waals surface area contributed by atoms with Crippen LogP contribution in [0.25, 0.3) is 22.2 Å². The van der Waals surface area contributed by atoms with E-state index in [0.717, 1.165) is 35.2 Å². The predicted molar refractivity (Wildman–Crippen MR) is 155 cm³/mol. The molecule has 2 aromatic heterocycles. The number of fused-ring (bicyclic) bond motifs is 1. The number of carbonyl (C=O) groups is 1. The van der Waals surface area contributed by atoms with Gasteiger partial charge in [0, 0.05) is 30.6 Å². The van der Waals surface area contributed by atoms with E-state index in [1.165, 1.54) is 0 Å². The van der Waals surface area contributed by atoms with E-state index in [2.05, 4.69) is 20.6 Å². The van der Waals surface area contributed by atoms with Crippen molar-refractivity contribution in [1.82, 2.24) is 24.8 Å². The molecule has 39 heavy (non-hydrogen) atoms. The first-order valence-corrected chi connectivity index (χ1v) is 13.3. The molecule has 5 rings (SSSR count). The van der Waals surface area contributed by atoms with Gasteiger partial charge in [-0.25, -0.2) is 9.97 Å². The van der Waals surface area contributed by atoms with Crippen molar-refractivity contribution in [2.75, 3.05) is 17.6 Å². The summed E-state index contributed by atoms with van der Waals surface area (Å²) in [6.07, 6.45) is 4.89. The van der Waals surface area contributed by atoms with Crippen LogP contribution in [0.15, 0.2) is 59.4 Å². The Labute approximate surface area is 227 Å². The predicted octanol–water partition coefficient (Wildman–Crippen LogP) is 4.10. The molecule has 0 aliphatic heterocycles. The van der Waals surface area contributed by atoms with Gasteiger partial charge >= 0.3 is 0 Å². The highest BCUT2D eigenvalue weighted by molar-refractivity contribution is 5.96. The number of aromatic nitrogens is 4. The lowest BCUT2D eigenvalue weighted by molar-refractivity contribution is -0.116. The Morgan fingerprint density at radius 3 is 2.59 bits per heavy atom. The number of nitrogens with one attached hydrogen (secondary N) is 2. The molecule has 1 aliphatic carbocycles. The van der Waals surface area contributed by atoms with Gasteiger partial charge in [-0.3, -0.25) is 14.2 Å². The molecule has 0 spiro atoms. The van der Waals surface area contributed by atoms with Gasteiger partial charge in [-0.2, -0.15) is 4.98 Å². The number of aryl methyl sites for hydroxylation is 3. The molecule has 0 bridgehead atoms. The number of nitrogens with zero attached hydrogens (tertiary/aromatic N) is 4. The standard InChI is InChI=1S/C30H33N7O2/c1-18-9-7-12-23-27(18)29(39)37(22-10-5-4-6-11-22)24(35-23)13-8-16-32-28-26(20(3)33-30(31)36-28)19(2)17-25(38)34-21-14-15-21/h4-7,9-12,17,21H,8,13-16H2,1-3H3,(H,34,38)(H3,31,32,33,36)/b19-17-. The highest BCUT2D eigenvalue weighted by Crippen LogP contribution is 2.26. The van der Waals surface area contributed by atoms with Crippen molar-refractivity contribution < 1.29 is 4.79 Å². The molecule has 2 heterocycles. The van der Waals surface area contributed by atoms with Gasteiger partial charge in [0.2, 0.25) is 11.9 Å². The lowest BCUT2D eigenvalue weighted by Gasteiger charge is -2.16. The second-order valence-corrected chi connectivity index (χ2v) is 10.0. The van der Waals surface area contributed by atoms with Crippen LogP contribution >= 0.6 is 0 Å². The first kappa shape index (κ1) is 26.1. The first-order chi connectivity index (χ1) is 18.8. The van der Waals surface area contributed by atoms with Gasteiger partial charge in [-0.05, 0) is 69.4 Å². The van der Waals surface area contributed by atoms with Crippen molar-refractivity contribution in [3.63, 3.8) is 0 Å². The minimum atomic E-state index is -0.117. The molecular weight excluding hydrogens is 490 g/mol. The van der Waals surface area contributed by atoms with Crippen molar-refractivity contribution in [1.29, 1.82) is 0 Å². The van der Waals surface area contributed by atoms with Gasteiger partial charge < -0.3 is 16.4 Å². The normalized spacial score (nSPS) is 13.5. The summed E-state index contributed by atoms with van der Waals surface area (Å²) in [5.41, 5.74) is 10.5. The molecule has 200 valence electrons. The molecule has 0 unspecified atom stereocenters. The maximum Gasteiger partial charge on any atom is 0.266 e. The van der Waals surface area contributed by atoms with E-state index in [4.69, 9.17) is 10.7 Å². The van der Waals surface area contributed by atoms with E-state index < -0.39 is 0 Å². The zero-order chi connectivity index (χ0) is 27.5. The Morgan fingerprint density at radius 2 is 1.85 bits per heavy atom.